The average Bonchev–Trinajstić information content (AvgIpc) is 2.50. The highest BCUT2D eigenvalue weighted by Gasteiger charge is 1.95. The van der Waals surface area contributed by atoms with Gasteiger partial charge in [-0.15, -0.1) is 0 Å². The molecule has 0 aliphatic carbocycles. The van der Waals surface area contributed by atoms with Crippen LogP contribution in [0.3, 0.4) is 0 Å². The third-order valence-corrected chi connectivity index (χ3v) is 1.87. The summed E-state index contributed by atoms with van der Waals surface area (Å²) in [5.74, 6) is 0. The standard InChI is InChI=1S/C9H10N2/c1-2-8-5-6-10-9-4-3-7-11(8)9/h3-7H,2H2,1H3. The predicted octanol–water partition coefficient (Wildman–Crippen LogP) is 1.90. The number of aromatic nitrogens is 2. The third-order valence-electron chi connectivity index (χ3n) is 1.87. The first-order valence-electron chi connectivity index (χ1n) is 3.83. The van der Waals surface area contributed by atoms with Crippen LogP contribution in [0.4, 0.5) is 0 Å². The highest BCUT2D eigenvalue weighted by Crippen LogP contribution is 2.05. The molecule has 0 aliphatic heterocycles. The van der Waals surface area contributed by atoms with Crippen molar-refractivity contribution < 1.29 is 0 Å². The van der Waals surface area contributed by atoms with E-state index in [9.17, 15) is 0 Å². The van der Waals surface area contributed by atoms with Crippen LogP contribution in [-0.4, -0.2) is 9.38 Å². The second kappa shape index (κ2) is 2.38. The van der Waals surface area contributed by atoms with E-state index in [1.807, 2.05) is 30.6 Å². The fraction of sp³-hybridized carbons (Fsp3) is 0.222. The molecule has 56 valence electrons. The van der Waals surface area contributed by atoms with Crippen molar-refractivity contribution in [3.05, 3.63) is 36.3 Å². The molecule has 2 aromatic heterocycles. The van der Waals surface area contributed by atoms with Gasteiger partial charge in [-0.3, -0.25) is 0 Å². The van der Waals surface area contributed by atoms with Gasteiger partial charge in [-0.05, 0) is 24.6 Å². The summed E-state index contributed by atoms with van der Waals surface area (Å²) in [4.78, 5) is 4.21. The molecule has 0 saturated carbocycles. The zero-order chi connectivity index (χ0) is 7.68. The summed E-state index contributed by atoms with van der Waals surface area (Å²) in [5.41, 5.74) is 2.34. The lowest BCUT2D eigenvalue weighted by Gasteiger charge is -2.00. The van der Waals surface area contributed by atoms with E-state index in [1.54, 1.807) is 0 Å². The smallest absolute Gasteiger partial charge is 0.136 e. The summed E-state index contributed by atoms with van der Waals surface area (Å²) < 4.78 is 2.11. The molecule has 2 rings (SSSR count). The normalized spacial score (nSPS) is 10.6. The van der Waals surface area contributed by atoms with Gasteiger partial charge in [0, 0.05) is 18.1 Å². The van der Waals surface area contributed by atoms with E-state index < -0.39 is 0 Å². The van der Waals surface area contributed by atoms with Gasteiger partial charge in [0.1, 0.15) is 5.65 Å². The number of fused-ring (bicyclic) bond motifs is 1. The monoisotopic (exact) mass is 146 g/mol. The molecular weight excluding hydrogens is 136 g/mol. The number of aryl methyl sites for hydroxylation is 1. The van der Waals surface area contributed by atoms with Gasteiger partial charge < -0.3 is 4.40 Å². The first-order valence-corrected chi connectivity index (χ1v) is 3.83. The van der Waals surface area contributed by atoms with E-state index in [1.165, 1.54) is 5.69 Å². The minimum atomic E-state index is 1.03. The third kappa shape index (κ3) is 0.909. The Morgan fingerprint density at radius 3 is 3.18 bits per heavy atom. The molecule has 0 radical (unpaired) electrons. The Morgan fingerprint density at radius 2 is 2.36 bits per heavy atom. The largest absolute Gasteiger partial charge is 0.306 e. The van der Waals surface area contributed by atoms with Gasteiger partial charge in [0.05, 0.1) is 0 Å². The molecule has 0 aromatic carbocycles. The quantitative estimate of drug-likeness (QED) is 0.600. The second-order valence-corrected chi connectivity index (χ2v) is 2.53. The molecule has 2 nitrogen and oxygen atoms in total. The van der Waals surface area contributed by atoms with Crippen molar-refractivity contribution in [2.24, 2.45) is 0 Å². The maximum absolute atomic E-state index is 4.21. The molecular formula is C9H10N2. The van der Waals surface area contributed by atoms with Crippen LogP contribution in [0.1, 0.15) is 12.6 Å². The molecule has 2 heteroatoms. The van der Waals surface area contributed by atoms with Crippen molar-refractivity contribution in [1.29, 1.82) is 0 Å². The predicted molar refractivity (Wildman–Crippen MR) is 44.6 cm³/mol. The van der Waals surface area contributed by atoms with Gasteiger partial charge in [-0.25, -0.2) is 4.98 Å². The van der Waals surface area contributed by atoms with E-state index in [0.717, 1.165) is 12.1 Å². The van der Waals surface area contributed by atoms with E-state index in [2.05, 4.69) is 16.3 Å². The molecule has 2 aromatic rings. The summed E-state index contributed by atoms with van der Waals surface area (Å²) in [6.45, 7) is 2.15. The highest BCUT2D eigenvalue weighted by molar-refractivity contribution is 5.39. The van der Waals surface area contributed by atoms with Crippen molar-refractivity contribution in [2.45, 2.75) is 13.3 Å². The summed E-state index contributed by atoms with van der Waals surface area (Å²) >= 11 is 0. The Hall–Kier alpha value is -1.31. The number of nitrogens with zero attached hydrogens (tertiary/aromatic N) is 2. The summed E-state index contributed by atoms with van der Waals surface area (Å²) in [7, 11) is 0. The van der Waals surface area contributed by atoms with Crippen LogP contribution in [0.25, 0.3) is 5.65 Å². The van der Waals surface area contributed by atoms with Crippen molar-refractivity contribution in [1.82, 2.24) is 9.38 Å². The van der Waals surface area contributed by atoms with Crippen molar-refractivity contribution in [3.63, 3.8) is 0 Å². The lowest BCUT2D eigenvalue weighted by molar-refractivity contribution is 0.961. The molecule has 0 fully saturated rings. The fourth-order valence-electron chi connectivity index (χ4n) is 1.29. The molecule has 0 saturated heterocycles. The Balaban J connectivity index is 2.79. The maximum atomic E-state index is 4.21. The zero-order valence-corrected chi connectivity index (χ0v) is 6.49. The van der Waals surface area contributed by atoms with Crippen LogP contribution in [0, 0.1) is 0 Å². The second-order valence-electron chi connectivity index (χ2n) is 2.53. The number of hydrogen-bond donors (Lipinski definition) is 0. The van der Waals surface area contributed by atoms with Crippen LogP contribution in [0.5, 0.6) is 0 Å². The summed E-state index contributed by atoms with van der Waals surface area (Å²) in [6.07, 6.45) is 4.95. The lowest BCUT2D eigenvalue weighted by atomic mass is 10.3. The Bertz CT molecular complexity index is 362. The average molecular weight is 146 g/mol. The van der Waals surface area contributed by atoms with Gasteiger partial charge in [0.2, 0.25) is 0 Å². The van der Waals surface area contributed by atoms with Gasteiger partial charge in [-0.1, -0.05) is 6.92 Å². The Morgan fingerprint density at radius 1 is 1.45 bits per heavy atom. The number of hydrogen-bond acceptors (Lipinski definition) is 1. The highest BCUT2D eigenvalue weighted by atomic mass is 15.0. The number of rotatable bonds is 1. The maximum Gasteiger partial charge on any atom is 0.136 e. The summed E-state index contributed by atoms with van der Waals surface area (Å²) in [5, 5.41) is 0. The van der Waals surface area contributed by atoms with Crippen molar-refractivity contribution in [2.75, 3.05) is 0 Å². The van der Waals surface area contributed by atoms with Crippen LogP contribution < -0.4 is 0 Å². The first-order chi connectivity index (χ1) is 5.42. The Kier molecular flexibility index (Phi) is 1.39. The molecule has 0 amide bonds. The van der Waals surface area contributed by atoms with Crippen LogP contribution >= 0.6 is 0 Å². The molecule has 0 aliphatic rings. The van der Waals surface area contributed by atoms with E-state index in [0.29, 0.717) is 0 Å². The minimum Gasteiger partial charge on any atom is -0.306 e. The van der Waals surface area contributed by atoms with Crippen molar-refractivity contribution >= 4 is 5.65 Å². The molecule has 0 bridgehead atoms. The SMILES string of the molecule is CCc1ccnc2cccn12. The minimum absolute atomic E-state index is 1.03. The van der Waals surface area contributed by atoms with Gasteiger partial charge in [0.25, 0.3) is 0 Å². The van der Waals surface area contributed by atoms with Gasteiger partial charge >= 0.3 is 0 Å². The van der Waals surface area contributed by atoms with E-state index in [-0.39, 0.29) is 0 Å². The van der Waals surface area contributed by atoms with Crippen LogP contribution in [-0.2, 0) is 6.42 Å². The topological polar surface area (TPSA) is 17.3 Å². The molecule has 11 heavy (non-hydrogen) atoms. The van der Waals surface area contributed by atoms with Crippen LogP contribution in [0.2, 0.25) is 0 Å². The summed E-state index contributed by atoms with van der Waals surface area (Å²) in [6, 6.07) is 6.08. The molecule has 0 atom stereocenters. The molecule has 0 N–H and O–H groups in total. The zero-order valence-electron chi connectivity index (χ0n) is 6.49. The molecule has 0 unspecified atom stereocenters. The molecule has 0 spiro atoms. The van der Waals surface area contributed by atoms with E-state index >= 15 is 0 Å². The first kappa shape index (κ1) is 6.40. The fourth-order valence-corrected chi connectivity index (χ4v) is 1.29. The van der Waals surface area contributed by atoms with Crippen molar-refractivity contribution in [3.8, 4) is 0 Å². The van der Waals surface area contributed by atoms with Gasteiger partial charge in [0.15, 0.2) is 0 Å². The molecule has 2 heterocycles. The van der Waals surface area contributed by atoms with Gasteiger partial charge in [-0.2, -0.15) is 0 Å². The van der Waals surface area contributed by atoms with Crippen LogP contribution in [0.15, 0.2) is 30.6 Å². The lowest BCUT2D eigenvalue weighted by Crippen LogP contribution is -1.93. The Labute approximate surface area is 65.5 Å². The van der Waals surface area contributed by atoms with E-state index in [4.69, 9.17) is 0 Å².